The Hall–Kier alpha value is -1.23. The van der Waals surface area contributed by atoms with Gasteiger partial charge in [0.2, 0.25) is 0 Å². The van der Waals surface area contributed by atoms with Gasteiger partial charge in [0.25, 0.3) is 0 Å². The van der Waals surface area contributed by atoms with Crippen molar-refractivity contribution < 1.29 is 5.21 Å². The van der Waals surface area contributed by atoms with Crippen LogP contribution >= 0.6 is 11.8 Å². The molecule has 3 N–H and O–H groups in total. The summed E-state index contributed by atoms with van der Waals surface area (Å²) in [6, 6.07) is 3.66. The fraction of sp³-hybridized carbons (Fsp3) is 0.500. The maximum absolute atomic E-state index is 8.66. The molecule has 0 amide bonds. The third-order valence-corrected chi connectivity index (χ3v) is 3.79. The lowest BCUT2D eigenvalue weighted by atomic mass is 10.2. The summed E-state index contributed by atoms with van der Waals surface area (Å²) in [6.45, 7) is 6.30. The van der Waals surface area contributed by atoms with Gasteiger partial charge in [-0.3, -0.25) is 0 Å². The molecule has 0 aliphatic carbocycles. The number of aryl methyl sites for hydroxylation is 1. The van der Waals surface area contributed by atoms with Crippen molar-refractivity contribution in [2.45, 2.75) is 32.2 Å². The van der Waals surface area contributed by atoms with Gasteiger partial charge in [0.15, 0.2) is 5.84 Å². The summed E-state index contributed by atoms with van der Waals surface area (Å²) in [5, 5.41) is 12.6. The van der Waals surface area contributed by atoms with Gasteiger partial charge in [0, 0.05) is 17.0 Å². The number of pyridine rings is 1. The monoisotopic (exact) mass is 253 g/mol. The number of rotatable bonds is 5. The van der Waals surface area contributed by atoms with E-state index in [1.807, 2.05) is 19.1 Å². The zero-order valence-electron chi connectivity index (χ0n) is 10.5. The summed E-state index contributed by atoms with van der Waals surface area (Å²) < 4.78 is 0. The van der Waals surface area contributed by atoms with Crippen molar-refractivity contribution in [1.29, 1.82) is 0 Å². The van der Waals surface area contributed by atoms with Crippen LogP contribution in [0.25, 0.3) is 0 Å². The second kappa shape index (κ2) is 6.49. The quantitative estimate of drug-likeness (QED) is 0.278. The molecule has 1 unspecified atom stereocenters. The Morgan fingerprint density at radius 1 is 1.59 bits per heavy atom. The van der Waals surface area contributed by atoms with E-state index < -0.39 is 0 Å². The first-order valence-corrected chi connectivity index (χ1v) is 6.64. The van der Waals surface area contributed by atoms with E-state index in [1.165, 1.54) is 0 Å². The standard InChI is InChI=1S/C12H19N3OS/c1-4-8(2)7-17-11-6-10(12(13)15-16)5-9(3)14-11/h5-6,8,16H,4,7H2,1-3H3,(H2,13,15). The summed E-state index contributed by atoms with van der Waals surface area (Å²) in [5.74, 6) is 1.82. The minimum Gasteiger partial charge on any atom is -0.409 e. The van der Waals surface area contributed by atoms with E-state index in [2.05, 4.69) is 24.0 Å². The van der Waals surface area contributed by atoms with Crippen LogP contribution in [0.2, 0.25) is 0 Å². The highest BCUT2D eigenvalue weighted by Crippen LogP contribution is 2.21. The van der Waals surface area contributed by atoms with E-state index in [0.717, 1.165) is 22.9 Å². The van der Waals surface area contributed by atoms with E-state index in [4.69, 9.17) is 10.9 Å². The fourth-order valence-electron chi connectivity index (χ4n) is 1.26. The van der Waals surface area contributed by atoms with Crippen LogP contribution in [0.15, 0.2) is 22.3 Å². The Labute approximate surface area is 106 Å². The number of thioether (sulfide) groups is 1. The van der Waals surface area contributed by atoms with Crippen LogP contribution in [0.1, 0.15) is 31.5 Å². The Morgan fingerprint density at radius 3 is 2.88 bits per heavy atom. The lowest BCUT2D eigenvalue weighted by Gasteiger charge is -2.09. The molecule has 0 aromatic carbocycles. The van der Waals surface area contributed by atoms with Gasteiger partial charge < -0.3 is 10.9 Å². The average molecular weight is 253 g/mol. The third kappa shape index (κ3) is 4.26. The lowest BCUT2D eigenvalue weighted by molar-refractivity contribution is 0.318. The van der Waals surface area contributed by atoms with Gasteiger partial charge in [0.05, 0.1) is 5.03 Å². The van der Waals surface area contributed by atoms with Gasteiger partial charge >= 0.3 is 0 Å². The van der Waals surface area contributed by atoms with E-state index in [1.54, 1.807) is 11.8 Å². The Morgan fingerprint density at radius 2 is 2.29 bits per heavy atom. The van der Waals surface area contributed by atoms with Crippen molar-refractivity contribution in [3.05, 3.63) is 23.4 Å². The zero-order chi connectivity index (χ0) is 12.8. The molecule has 0 aliphatic heterocycles. The summed E-state index contributed by atoms with van der Waals surface area (Å²) in [4.78, 5) is 4.43. The molecule has 0 radical (unpaired) electrons. The van der Waals surface area contributed by atoms with Gasteiger partial charge in [0.1, 0.15) is 0 Å². The van der Waals surface area contributed by atoms with Crippen LogP contribution in [0.4, 0.5) is 0 Å². The summed E-state index contributed by atoms with van der Waals surface area (Å²) in [6.07, 6.45) is 1.16. The molecule has 0 bridgehead atoms. The first-order chi connectivity index (χ1) is 8.06. The third-order valence-electron chi connectivity index (χ3n) is 2.55. The SMILES string of the molecule is CCC(C)CSc1cc(/C(N)=N/O)cc(C)n1. The molecular formula is C12H19N3OS. The number of nitrogens with two attached hydrogens (primary N) is 1. The smallest absolute Gasteiger partial charge is 0.170 e. The van der Waals surface area contributed by atoms with E-state index in [0.29, 0.717) is 11.5 Å². The minimum absolute atomic E-state index is 0.126. The highest BCUT2D eigenvalue weighted by Gasteiger charge is 2.06. The molecule has 1 aromatic rings. The van der Waals surface area contributed by atoms with Gasteiger partial charge in [-0.15, -0.1) is 11.8 Å². The van der Waals surface area contributed by atoms with Gasteiger partial charge in [-0.2, -0.15) is 0 Å². The van der Waals surface area contributed by atoms with E-state index in [-0.39, 0.29) is 5.84 Å². The Bertz CT molecular complexity index is 407. The van der Waals surface area contributed by atoms with Crippen LogP contribution in [0.3, 0.4) is 0 Å². The average Bonchev–Trinajstić information content (AvgIpc) is 2.34. The molecule has 4 nitrogen and oxygen atoms in total. The topological polar surface area (TPSA) is 71.5 Å². The predicted molar refractivity (Wildman–Crippen MR) is 71.7 cm³/mol. The molecule has 0 saturated heterocycles. The number of hydrogen-bond donors (Lipinski definition) is 2. The predicted octanol–water partition coefficient (Wildman–Crippen LogP) is 2.62. The number of oxime groups is 1. The number of hydrogen-bond acceptors (Lipinski definition) is 4. The zero-order valence-corrected chi connectivity index (χ0v) is 11.3. The highest BCUT2D eigenvalue weighted by atomic mass is 32.2. The normalized spacial score (nSPS) is 13.7. The van der Waals surface area contributed by atoms with Crippen molar-refractivity contribution in [1.82, 2.24) is 4.98 Å². The van der Waals surface area contributed by atoms with Crippen LogP contribution in [-0.2, 0) is 0 Å². The Balaban J connectivity index is 2.83. The summed E-state index contributed by atoms with van der Waals surface area (Å²) in [7, 11) is 0. The first-order valence-electron chi connectivity index (χ1n) is 5.66. The van der Waals surface area contributed by atoms with E-state index >= 15 is 0 Å². The van der Waals surface area contributed by atoms with E-state index in [9.17, 15) is 0 Å². The molecule has 1 heterocycles. The molecule has 94 valence electrons. The van der Waals surface area contributed by atoms with Crippen LogP contribution in [-0.4, -0.2) is 21.8 Å². The molecule has 17 heavy (non-hydrogen) atoms. The largest absolute Gasteiger partial charge is 0.409 e. The van der Waals surface area contributed by atoms with Crippen molar-refractivity contribution in [2.75, 3.05) is 5.75 Å². The number of amidine groups is 1. The summed E-state index contributed by atoms with van der Waals surface area (Å²) in [5.41, 5.74) is 7.17. The van der Waals surface area contributed by atoms with Crippen molar-refractivity contribution in [3.8, 4) is 0 Å². The molecule has 0 fully saturated rings. The van der Waals surface area contributed by atoms with Gasteiger partial charge in [-0.05, 0) is 25.0 Å². The second-order valence-corrected chi connectivity index (χ2v) is 5.19. The fourth-order valence-corrected chi connectivity index (χ4v) is 2.37. The van der Waals surface area contributed by atoms with Crippen LogP contribution in [0.5, 0.6) is 0 Å². The number of aromatic nitrogens is 1. The molecule has 1 rings (SSSR count). The molecule has 1 aromatic heterocycles. The van der Waals surface area contributed by atoms with Crippen molar-refractivity contribution >= 4 is 17.6 Å². The second-order valence-electron chi connectivity index (χ2n) is 4.15. The highest BCUT2D eigenvalue weighted by molar-refractivity contribution is 7.99. The van der Waals surface area contributed by atoms with Crippen molar-refractivity contribution in [2.24, 2.45) is 16.8 Å². The van der Waals surface area contributed by atoms with Crippen LogP contribution in [0, 0.1) is 12.8 Å². The number of nitrogens with zero attached hydrogens (tertiary/aromatic N) is 2. The molecule has 0 spiro atoms. The van der Waals surface area contributed by atoms with Gasteiger partial charge in [-0.1, -0.05) is 25.4 Å². The van der Waals surface area contributed by atoms with Crippen molar-refractivity contribution in [3.63, 3.8) is 0 Å². The van der Waals surface area contributed by atoms with Gasteiger partial charge in [-0.25, -0.2) is 4.98 Å². The first kappa shape index (κ1) is 13.8. The molecular weight excluding hydrogens is 234 g/mol. The Kier molecular flexibility index (Phi) is 5.28. The maximum Gasteiger partial charge on any atom is 0.170 e. The minimum atomic E-state index is 0.126. The summed E-state index contributed by atoms with van der Waals surface area (Å²) >= 11 is 1.71. The van der Waals surface area contributed by atoms with Crippen LogP contribution < -0.4 is 5.73 Å². The maximum atomic E-state index is 8.66. The molecule has 0 aliphatic rings. The lowest BCUT2D eigenvalue weighted by Crippen LogP contribution is -2.13. The molecule has 0 saturated carbocycles. The molecule has 5 heteroatoms. The molecule has 1 atom stereocenters.